The molecule has 2 aromatic carbocycles. The predicted molar refractivity (Wildman–Crippen MR) is 107 cm³/mol. The zero-order chi connectivity index (χ0) is 20.5. The number of fused-ring (bicyclic) bond motifs is 1. The van der Waals surface area contributed by atoms with Gasteiger partial charge in [-0.15, -0.1) is 0 Å². The highest BCUT2D eigenvalue weighted by Gasteiger charge is 2.34. The fourth-order valence-electron chi connectivity index (χ4n) is 3.59. The maximum atomic E-state index is 12.6. The number of phenolic OH excluding ortho intramolecular Hbond substituents is 1. The highest BCUT2D eigenvalue weighted by Crippen LogP contribution is 2.23. The molecule has 4 rings (SSSR count). The molecule has 1 fully saturated rings. The van der Waals surface area contributed by atoms with E-state index in [4.69, 9.17) is 0 Å². The van der Waals surface area contributed by atoms with Gasteiger partial charge in [0.1, 0.15) is 11.8 Å². The summed E-state index contributed by atoms with van der Waals surface area (Å²) in [7, 11) is 0. The lowest BCUT2D eigenvalue weighted by atomic mass is 10.1. The van der Waals surface area contributed by atoms with Crippen LogP contribution in [0, 0.1) is 6.92 Å². The summed E-state index contributed by atoms with van der Waals surface area (Å²) in [6.07, 6.45) is 1.89. The van der Waals surface area contributed by atoms with Crippen LogP contribution in [0.1, 0.15) is 27.9 Å². The van der Waals surface area contributed by atoms with Crippen LogP contribution in [0.4, 0.5) is 0 Å². The van der Waals surface area contributed by atoms with Crippen LogP contribution < -0.4 is 5.32 Å². The zero-order valence-corrected chi connectivity index (χ0v) is 15.9. The molecule has 7 nitrogen and oxygen atoms in total. The quantitative estimate of drug-likeness (QED) is 0.459. The van der Waals surface area contributed by atoms with Gasteiger partial charge < -0.3 is 20.3 Å². The molecule has 1 saturated heterocycles. The number of ketones is 1. The van der Waals surface area contributed by atoms with Crippen molar-refractivity contribution in [3.8, 4) is 5.75 Å². The van der Waals surface area contributed by atoms with Crippen molar-refractivity contribution in [1.82, 2.24) is 15.2 Å². The van der Waals surface area contributed by atoms with E-state index in [1.54, 1.807) is 11.0 Å². The number of Topliss-reactive ketones (excluding diaryl/α,β-unsaturated/α-hetero) is 1. The zero-order valence-electron chi connectivity index (χ0n) is 15.9. The number of benzene rings is 2. The smallest absolute Gasteiger partial charge is 0.293 e. The molecule has 1 aliphatic heterocycles. The van der Waals surface area contributed by atoms with Gasteiger partial charge in [-0.1, -0.05) is 29.8 Å². The van der Waals surface area contributed by atoms with Crippen LogP contribution in [0.5, 0.6) is 5.75 Å². The summed E-state index contributed by atoms with van der Waals surface area (Å²) in [5, 5.41) is 12.7. The monoisotopic (exact) mass is 391 g/mol. The molecule has 148 valence electrons. The van der Waals surface area contributed by atoms with Crippen LogP contribution in [-0.4, -0.2) is 45.2 Å². The topological polar surface area (TPSA) is 102 Å². The summed E-state index contributed by atoms with van der Waals surface area (Å²) in [5.74, 6) is -1.76. The van der Waals surface area contributed by atoms with Crippen LogP contribution in [0.3, 0.4) is 0 Å². The summed E-state index contributed by atoms with van der Waals surface area (Å²) in [4.78, 5) is 42.3. The van der Waals surface area contributed by atoms with Crippen molar-refractivity contribution in [2.45, 2.75) is 25.9 Å². The molecule has 1 aromatic heterocycles. The summed E-state index contributed by atoms with van der Waals surface area (Å²) in [6, 6.07) is 11.8. The first-order chi connectivity index (χ1) is 13.9. The molecule has 29 heavy (non-hydrogen) atoms. The third kappa shape index (κ3) is 3.71. The average molecular weight is 391 g/mol. The van der Waals surface area contributed by atoms with E-state index in [9.17, 15) is 19.5 Å². The number of H-pyrrole nitrogens is 1. The number of aromatic amines is 1. The second-order valence-corrected chi connectivity index (χ2v) is 7.32. The van der Waals surface area contributed by atoms with Gasteiger partial charge in [-0.05, 0) is 37.1 Å². The van der Waals surface area contributed by atoms with Crippen molar-refractivity contribution in [2.24, 2.45) is 0 Å². The van der Waals surface area contributed by atoms with E-state index in [0.717, 1.165) is 11.1 Å². The summed E-state index contributed by atoms with van der Waals surface area (Å²) in [6.45, 7) is 3.00. The first-order valence-corrected chi connectivity index (χ1v) is 9.42. The molecular formula is C22H21N3O4. The summed E-state index contributed by atoms with van der Waals surface area (Å²) < 4.78 is 0. The first-order valence-electron chi connectivity index (χ1n) is 9.42. The molecule has 2 heterocycles. The SMILES string of the molecule is Cc1ccc(CN2CCC(NC(=O)C(=O)c3c[nH]c4ccc(O)cc34)C2=O)cc1. The van der Waals surface area contributed by atoms with Crippen molar-refractivity contribution >= 4 is 28.5 Å². The van der Waals surface area contributed by atoms with Crippen LogP contribution >= 0.6 is 0 Å². The van der Waals surface area contributed by atoms with Gasteiger partial charge in [0.25, 0.3) is 11.7 Å². The second kappa shape index (κ2) is 7.43. The van der Waals surface area contributed by atoms with Gasteiger partial charge in [-0.2, -0.15) is 0 Å². The Hall–Kier alpha value is -3.61. The van der Waals surface area contributed by atoms with Crippen LogP contribution in [0.15, 0.2) is 48.7 Å². The van der Waals surface area contributed by atoms with Gasteiger partial charge in [0, 0.05) is 30.2 Å². The van der Waals surface area contributed by atoms with Gasteiger partial charge in [-0.25, -0.2) is 0 Å². The van der Waals surface area contributed by atoms with Crippen molar-refractivity contribution in [3.05, 3.63) is 65.4 Å². The highest BCUT2D eigenvalue weighted by molar-refractivity contribution is 6.45. The standard InChI is InChI=1S/C22H21N3O4/c1-13-2-4-14(5-3-13)12-25-9-8-19(22(25)29)24-21(28)20(27)17-11-23-18-7-6-15(26)10-16(17)18/h2-7,10-11,19,23,26H,8-9,12H2,1H3,(H,24,28). The number of aromatic nitrogens is 1. The lowest BCUT2D eigenvalue weighted by molar-refractivity contribution is -0.132. The number of rotatable bonds is 5. The fourth-order valence-corrected chi connectivity index (χ4v) is 3.59. The first kappa shape index (κ1) is 18.7. The molecule has 1 atom stereocenters. The van der Waals surface area contributed by atoms with Gasteiger partial charge in [0.15, 0.2) is 0 Å². The van der Waals surface area contributed by atoms with Gasteiger partial charge in [0.2, 0.25) is 5.91 Å². The molecule has 3 aromatic rings. The van der Waals surface area contributed by atoms with Crippen LogP contribution in [0.2, 0.25) is 0 Å². The molecule has 2 amide bonds. The number of aryl methyl sites for hydroxylation is 1. The summed E-state index contributed by atoms with van der Waals surface area (Å²) >= 11 is 0. The molecule has 0 radical (unpaired) electrons. The number of hydrogen-bond acceptors (Lipinski definition) is 4. The van der Waals surface area contributed by atoms with Gasteiger partial charge in [-0.3, -0.25) is 14.4 Å². The lowest BCUT2D eigenvalue weighted by Gasteiger charge is -2.17. The van der Waals surface area contributed by atoms with Gasteiger partial charge in [0.05, 0.1) is 5.56 Å². The Morgan fingerprint density at radius 3 is 2.72 bits per heavy atom. The minimum absolute atomic E-state index is 0.00396. The Labute approximate surface area is 167 Å². The van der Waals surface area contributed by atoms with E-state index in [0.29, 0.717) is 30.4 Å². The third-order valence-electron chi connectivity index (χ3n) is 5.21. The molecular weight excluding hydrogens is 370 g/mol. The van der Waals surface area contributed by atoms with Crippen LogP contribution in [0.25, 0.3) is 10.9 Å². The molecule has 3 N–H and O–H groups in total. The number of nitrogens with one attached hydrogen (secondary N) is 2. The maximum absolute atomic E-state index is 12.6. The Bertz CT molecular complexity index is 1100. The van der Waals surface area contributed by atoms with E-state index >= 15 is 0 Å². The summed E-state index contributed by atoms with van der Waals surface area (Å²) in [5.41, 5.74) is 2.97. The second-order valence-electron chi connectivity index (χ2n) is 7.32. The number of hydrogen-bond donors (Lipinski definition) is 3. The normalized spacial score (nSPS) is 16.4. The molecule has 1 unspecified atom stereocenters. The molecule has 0 bridgehead atoms. The number of nitrogens with zero attached hydrogens (tertiary/aromatic N) is 1. The Morgan fingerprint density at radius 2 is 1.97 bits per heavy atom. The number of amides is 2. The van der Waals surface area contributed by atoms with Crippen molar-refractivity contribution in [2.75, 3.05) is 6.54 Å². The maximum Gasteiger partial charge on any atom is 0.293 e. The van der Waals surface area contributed by atoms with Crippen molar-refractivity contribution in [3.63, 3.8) is 0 Å². The molecule has 0 saturated carbocycles. The number of carbonyl (C=O) groups is 3. The van der Waals surface area contributed by atoms with Crippen molar-refractivity contribution in [1.29, 1.82) is 0 Å². The van der Waals surface area contributed by atoms with E-state index in [1.807, 2.05) is 31.2 Å². The number of phenols is 1. The minimum Gasteiger partial charge on any atom is -0.508 e. The van der Waals surface area contributed by atoms with Gasteiger partial charge >= 0.3 is 0 Å². The number of aromatic hydroxyl groups is 1. The Balaban J connectivity index is 1.42. The largest absolute Gasteiger partial charge is 0.508 e. The highest BCUT2D eigenvalue weighted by atomic mass is 16.3. The molecule has 7 heteroatoms. The van der Waals surface area contributed by atoms with Crippen LogP contribution in [-0.2, 0) is 16.1 Å². The van der Waals surface area contributed by atoms with E-state index in [-0.39, 0.29) is 17.2 Å². The molecule has 0 aliphatic carbocycles. The van der Waals surface area contributed by atoms with E-state index < -0.39 is 17.7 Å². The molecule has 1 aliphatic rings. The Morgan fingerprint density at radius 1 is 1.21 bits per heavy atom. The third-order valence-corrected chi connectivity index (χ3v) is 5.21. The van der Waals surface area contributed by atoms with Crippen molar-refractivity contribution < 1.29 is 19.5 Å². The molecule has 0 spiro atoms. The number of likely N-dealkylation sites (tertiary alicyclic amines) is 1. The lowest BCUT2D eigenvalue weighted by Crippen LogP contribution is -2.44. The predicted octanol–water partition coefficient (Wildman–Crippen LogP) is 2.28. The fraction of sp³-hybridized carbons (Fsp3) is 0.227. The average Bonchev–Trinajstić information content (AvgIpc) is 3.27. The Kier molecular flexibility index (Phi) is 4.80. The minimum atomic E-state index is -0.829. The van der Waals surface area contributed by atoms with E-state index in [1.165, 1.54) is 18.3 Å². The van der Waals surface area contributed by atoms with E-state index in [2.05, 4.69) is 10.3 Å². The number of carbonyl (C=O) groups excluding carboxylic acids is 3.